The molecule has 0 bridgehead atoms. The number of methoxy groups -OCH3 is 1. The van der Waals surface area contributed by atoms with Gasteiger partial charge in [-0.05, 0) is 35.8 Å². The fraction of sp³-hybridized carbons (Fsp3) is 0.722. The third-order valence-electron chi connectivity index (χ3n) is 4.53. The molecule has 0 spiro atoms. The van der Waals surface area contributed by atoms with E-state index < -0.39 is 14.0 Å². The van der Waals surface area contributed by atoms with Crippen molar-refractivity contribution < 1.29 is 19.0 Å². The Morgan fingerprint density at radius 1 is 1.43 bits per heavy atom. The van der Waals surface area contributed by atoms with Gasteiger partial charge in [0.05, 0.1) is 26.4 Å². The Balaban J connectivity index is 2.24. The van der Waals surface area contributed by atoms with Gasteiger partial charge in [-0.1, -0.05) is 19.6 Å². The molecule has 10 heteroatoms. The molecule has 2 heterocycles. The van der Waals surface area contributed by atoms with Crippen molar-refractivity contribution in [3.05, 3.63) is 10.3 Å². The molecule has 1 aromatic heterocycles. The summed E-state index contributed by atoms with van der Waals surface area (Å²) < 4.78 is 18.2. The molecule has 8 nitrogen and oxygen atoms in total. The van der Waals surface area contributed by atoms with Crippen molar-refractivity contribution in [2.45, 2.75) is 52.3 Å². The van der Waals surface area contributed by atoms with Gasteiger partial charge in [-0.3, -0.25) is 0 Å². The van der Waals surface area contributed by atoms with Crippen molar-refractivity contribution in [1.29, 1.82) is 0 Å². The lowest BCUT2D eigenvalue weighted by Gasteiger charge is -2.34. The van der Waals surface area contributed by atoms with Crippen LogP contribution < -0.4 is 0 Å². The monoisotopic (exact) mass is 474 g/mol. The van der Waals surface area contributed by atoms with E-state index in [0.29, 0.717) is 30.1 Å². The molecule has 1 atom stereocenters. The van der Waals surface area contributed by atoms with Crippen LogP contribution in [0, 0.1) is 0 Å². The Kier molecular flexibility index (Phi) is 8.23. The molecule has 1 aromatic rings. The smallest absolute Gasteiger partial charge is 0.358 e. The normalized spacial score (nSPS) is 18.5. The largest absolute Gasteiger partial charge is 0.464 e. The van der Waals surface area contributed by atoms with Gasteiger partial charge >= 0.3 is 5.97 Å². The van der Waals surface area contributed by atoms with Crippen LogP contribution >= 0.6 is 15.9 Å². The Bertz CT molecular complexity index is 717. The first-order chi connectivity index (χ1) is 13.1. The molecule has 0 N–H and O–H groups in total. The number of rotatable bonds is 7. The molecule has 0 saturated carbocycles. The maximum atomic E-state index is 12.4. The summed E-state index contributed by atoms with van der Waals surface area (Å²) >= 11 is 3.44. The fourth-order valence-corrected chi connectivity index (χ4v) is 4.10. The second-order valence-electron chi connectivity index (χ2n) is 8.10. The van der Waals surface area contributed by atoms with E-state index in [-0.39, 0.29) is 18.5 Å². The van der Waals surface area contributed by atoms with Crippen LogP contribution in [0.3, 0.4) is 0 Å². The van der Waals surface area contributed by atoms with E-state index in [1.165, 1.54) is 11.8 Å². The first-order valence-corrected chi connectivity index (χ1v) is 14.0. The number of nitrogens with zero attached hydrogens (tertiary/aromatic N) is 4. The number of hydrogen-bond acceptors (Lipinski definition) is 6. The number of amidine groups is 1. The zero-order valence-corrected chi connectivity index (χ0v) is 20.2. The summed E-state index contributed by atoms with van der Waals surface area (Å²) in [6, 6.07) is 1.26. The first-order valence-electron chi connectivity index (χ1n) is 9.46. The Labute approximate surface area is 176 Å². The maximum absolute atomic E-state index is 12.4. The zero-order chi connectivity index (χ0) is 20.9. The Morgan fingerprint density at radius 3 is 2.75 bits per heavy atom. The van der Waals surface area contributed by atoms with Crippen LogP contribution in [0.2, 0.25) is 25.7 Å². The van der Waals surface area contributed by atoms with Crippen LogP contribution in [0.1, 0.15) is 24.3 Å². The maximum Gasteiger partial charge on any atom is 0.358 e. The van der Waals surface area contributed by atoms with Crippen LogP contribution in [0.5, 0.6) is 0 Å². The average molecular weight is 475 g/mol. The number of halogens is 1. The highest BCUT2D eigenvalue weighted by molar-refractivity contribution is 9.10. The Morgan fingerprint density at radius 2 is 2.14 bits per heavy atom. The highest BCUT2D eigenvalue weighted by Gasteiger charge is 2.26. The summed E-state index contributed by atoms with van der Waals surface area (Å²) in [4.78, 5) is 19.3. The summed E-state index contributed by atoms with van der Waals surface area (Å²) in [5.74, 6) is 0.314. The highest BCUT2D eigenvalue weighted by atomic mass is 79.9. The number of esters is 1. The molecular formula is C18H31BrN4O4Si. The molecule has 1 saturated heterocycles. The van der Waals surface area contributed by atoms with E-state index in [1.807, 2.05) is 6.92 Å². The van der Waals surface area contributed by atoms with E-state index in [0.717, 1.165) is 18.4 Å². The number of aliphatic imine (C=N–C) groups is 1. The first kappa shape index (κ1) is 23.0. The van der Waals surface area contributed by atoms with Gasteiger partial charge in [-0.2, -0.15) is 5.10 Å². The standard InChI is InChI=1S/C18H31BrN4O4Si/c1-13-11-26-8-7-22(13)14(2)20-15-16(18(24)25-3)23(21-17(15)19)12-27-9-10-28(4,5)6/h13H,7-12H2,1-6H3/t13-/m1/s1. The molecule has 1 fully saturated rings. The molecule has 0 unspecified atom stereocenters. The van der Waals surface area contributed by atoms with E-state index >= 15 is 0 Å². The molecule has 1 aliphatic rings. The molecule has 0 radical (unpaired) electrons. The van der Waals surface area contributed by atoms with Gasteiger partial charge < -0.3 is 19.1 Å². The SMILES string of the molecule is COC(=O)c1c(N=C(C)N2CCOC[C@H]2C)c(Br)nn1COCC[Si](C)(C)C. The van der Waals surface area contributed by atoms with Gasteiger partial charge in [0.25, 0.3) is 0 Å². The predicted octanol–water partition coefficient (Wildman–Crippen LogP) is 3.52. The van der Waals surface area contributed by atoms with E-state index in [1.54, 1.807) is 0 Å². The minimum atomic E-state index is -1.18. The minimum absolute atomic E-state index is 0.177. The summed E-state index contributed by atoms with van der Waals surface area (Å²) in [5, 5.41) is 4.40. The number of hydrogen-bond donors (Lipinski definition) is 0. The topological polar surface area (TPSA) is 78.2 Å². The van der Waals surface area contributed by atoms with Crippen LogP contribution in [0.15, 0.2) is 9.60 Å². The molecule has 2 rings (SSSR count). The van der Waals surface area contributed by atoms with Gasteiger partial charge in [-0.15, -0.1) is 0 Å². The van der Waals surface area contributed by atoms with Crippen LogP contribution in [0.4, 0.5) is 5.69 Å². The van der Waals surface area contributed by atoms with Gasteiger partial charge in [0.2, 0.25) is 0 Å². The van der Waals surface area contributed by atoms with Crippen LogP contribution in [0.25, 0.3) is 0 Å². The van der Waals surface area contributed by atoms with Gasteiger partial charge in [-0.25, -0.2) is 14.5 Å². The van der Waals surface area contributed by atoms with E-state index in [9.17, 15) is 4.79 Å². The number of morpholine rings is 1. The average Bonchev–Trinajstić information content (AvgIpc) is 2.93. The fourth-order valence-electron chi connectivity index (χ4n) is 2.88. The van der Waals surface area contributed by atoms with Gasteiger partial charge in [0.1, 0.15) is 18.3 Å². The lowest BCUT2D eigenvalue weighted by molar-refractivity contribution is 0.0330. The molecule has 0 amide bonds. The van der Waals surface area contributed by atoms with Crippen molar-refractivity contribution in [3.8, 4) is 0 Å². The molecule has 1 aliphatic heterocycles. The number of ether oxygens (including phenoxy) is 3. The molecular weight excluding hydrogens is 444 g/mol. The Hall–Kier alpha value is -1.23. The zero-order valence-electron chi connectivity index (χ0n) is 17.6. The van der Waals surface area contributed by atoms with Crippen molar-refractivity contribution in [3.63, 3.8) is 0 Å². The van der Waals surface area contributed by atoms with Crippen LogP contribution in [-0.2, 0) is 20.9 Å². The van der Waals surface area contributed by atoms with Crippen molar-refractivity contribution >= 4 is 41.5 Å². The molecule has 0 aromatic carbocycles. The van der Waals surface area contributed by atoms with Crippen LogP contribution in [-0.4, -0.2) is 74.1 Å². The summed E-state index contributed by atoms with van der Waals surface area (Å²) in [7, 11) is 0.167. The molecule has 158 valence electrons. The van der Waals surface area contributed by atoms with Crippen molar-refractivity contribution in [1.82, 2.24) is 14.7 Å². The summed E-state index contributed by atoms with van der Waals surface area (Å²) in [6.45, 7) is 13.8. The minimum Gasteiger partial charge on any atom is -0.464 e. The lowest BCUT2D eigenvalue weighted by atomic mass is 10.2. The third-order valence-corrected chi connectivity index (χ3v) is 6.77. The molecule has 0 aliphatic carbocycles. The lowest BCUT2D eigenvalue weighted by Crippen LogP contribution is -2.46. The van der Waals surface area contributed by atoms with E-state index in [2.05, 4.69) is 52.5 Å². The number of aromatic nitrogens is 2. The second kappa shape index (κ2) is 9.99. The van der Waals surface area contributed by atoms with Gasteiger partial charge in [0, 0.05) is 21.2 Å². The number of carbonyl (C=O) groups excluding carboxylic acids is 1. The van der Waals surface area contributed by atoms with Gasteiger partial charge in [0.15, 0.2) is 10.3 Å². The molecule has 28 heavy (non-hydrogen) atoms. The van der Waals surface area contributed by atoms with Crippen molar-refractivity contribution in [2.24, 2.45) is 4.99 Å². The van der Waals surface area contributed by atoms with E-state index in [4.69, 9.17) is 19.2 Å². The highest BCUT2D eigenvalue weighted by Crippen LogP contribution is 2.30. The number of carbonyl (C=O) groups is 1. The third kappa shape index (κ3) is 6.13. The second-order valence-corrected chi connectivity index (χ2v) is 14.5. The summed E-state index contributed by atoms with van der Waals surface area (Å²) in [6.07, 6.45) is 0. The quantitative estimate of drug-likeness (QED) is 0.198. The predicted molar refractivity (Wildman–Crippen MR) is 115 cm³/mol. The summed E-state index contributed by atoms with van der Waals surface area (Å²) in [5.41, 5.74) is 0.736. The van der Waals surface area contributed by atoms with Crippen molar-refractivity contribution in [2.75, 3.05) is 33.5 Å².